The Balaban J connectivity index is 1.81. The molecular weight excluding hydrogens is 200 g/mol. The van der Waals surface area contributed by atoms with Crippen molar-refractivity contribution in [3.8, 4) is 0 Å². The molecule has 2 aromatic carbocycles. The van der Waals surface area contributed by atoms with Crippen LogP contribution in [0.5, 0.6) is 0 Å². The van der Waals surface area contributed by atoms with Crippen LogP contribution in [-0.4, -0.2) is 0 Å². The smallest absolute Gasteiger partial charge is 0.0460 e. The monoisotopic (exact) mass is 213 g/mol. The molecule has 0 aliphatic rings. The van der Waals surface area contributed by atoms with Gasteiger partial charge < -0.3 is 0 Å². The first-order valence-corrected chi connectivity index (χ1v) is 6.04. The van der Waals surface area contributed by atoms with Crippen molar-refractivity contribution in [3.05, 3.63) is 77.5 Å². The molecule has 0 saturated heterocycles. The van der Waals surface area contributed by atoms with Crippen molar-refractivity contribution in [3.63, 3.8) is 0 Å². The summed E-state index contributed by atoms with van der Waals surface area (Å²) in [4.78, 5) is 0. The molecule has 0 atom stereocenters. The summed E-state index contributed by atoms with van der Waals surface area (Å²) in [5, 5.41) is 0. The van der Waals surface area contributed by atoms with E-state index in [4.69, 9.17) is 0 Å². The average Bonchev–Trinajstić information content (AvgIpc) is 2.32. The molecule has 2 rings (SSSR count). The third-order valence-electron chi connectivity index (χ3n) is 2.11. The Labute approximate surface area is 95.3 Å². The second-order valence-electron chi connectivity index (χ2n) is 3.33. The van der Waals surface area contributed by atoms with Crippen molar-refractivity contribution in [1.82, 2.24) is 0 Å². The molecule has 0 aromatic heterocycles. The zero-order valence-corrected chi connectivity index (χ0v) is 9.28. The fourth-order valence-electron chi connectivity index (χ4n) is 1.34. The number of hydrogen-bond donors (Lipinski definition) is 0. The van der Waals surface area contributed by atoms with Gasteiger partial charge in [-0.3, -0.25) is 0 Å². The van der Waals surface area contributed by atoms with Gasteiger partial charge in [0.05, 0.1) is 0 Å². The van der Waals surface area contributed by atoms with Crippen molar-refractivity contribution in [2.75, 3.05) is 0 Å². The molecule has 0 unspecified atom stereocenters. The van der Waals surface area contributed by atoms with Gasteiger partial charge in [-0.2, -0.15) is 0 Å². The summed E-state index contributed by atoms with van der Waals surface area (Å²) in [5.74, 6) is 3.24. The van der Waals surface area contributed by atoms with Crippen LogP contribution in [0.4, 0.5) is 0 Å². The molecule has 0 amide bonds. The lowest BCUT2D eigenvalue weighted by atomic mass is 10.2. The highest BCUT2D eigenvalue weighted by Gasteiger charge is 1.94. The lowest BCUT2D eigenvalue weighted by Crippen LogP contribution is -1.80. The summed E-state index contributed by atoms with van der Waals surface area (Å²) in [5.41, 5.74) is 2.65. The van der Waals surface area contributed by atoms with Crippen molar-refractivity contribution in [2.45, 2.75) is 5.75 Å². The van der Waals surface area contributed by atoms with Gasteiger partial charge in [0.25, 0.3) is 0 Å². The summed E-state index contributed by atoms with van der Waals surface area (Å²) in [6.45, 7) is 0. The zero-order chi connectivity index (χ0) is 10.3. The number of hydrogen-bond acceptors (Lipinski definition) is 1. The summed E-state index contributed by atoms with van der Waals surface area (Å²) >= 11 is 1.83. The van der Waals surface area contributed by atoms with Crippen molar-refractivity contribution < 1.29 is 0 Å². The first-order valence-electron chi connectivity index (χ1n) is 4.99. The van der Waals surface area contributed by atoms with E-state index in [9.17, 15) is 0 Å². The van der Waals surface area contributed by atoms with Gasteiger partial charge in [0.15, 0.2) is 0 Å². The van der Waals surface area contributed by atoms with Crippen LogP contribution in [0, 0.1) is 5.75 Å². The Kier molecular flexibility index (Phi) is 3.86. The SMILES string of the molecule is [CH](SCc1ccccc1)c1ccccc1. The maximum atomic E-state index is 2.20. The molecule has 0 aliphatic heterocycles. The number of thioether (sulfide) groups is 1. The molecule has 75 valence electrons. The lowest BCUT2D eigenvalue weighted by Gasteiger charge is -2.01. The molecule has 0 heterocycles. The van der Waals surface area contributed by atoms with Crippen LogP contribution in [0.1, 0.15) is 11.1 Å². The van der Waals surface area contributed by atoms with Crippen LogP contribution in [0.15, 0.2) is 60.7 Å². The molecule has 1 heteroatoms. The van der Waals surface area contributed by atoms with Gasteiger partial charge in [-0.15, -0.1) is 11.8 Å². The molecule has 0 N–H and O–H groups in total. The third-order valence-corrected chi connectivity index (χ3v) is 3.05. The molecule has 2 aromatic rings. The van der Waals surface area contributed by atoms with Crippen LogP contribution in [0.3, 0.4) is 0 Å². The van der Waals surface area contributed by atoms with E-state index in [-0.39, 0.29) is 0 Å². The van der Waals surface area contributed by atoms with Crippen LogP contribution in [-0.2, 0) is 5.75 Å². The van der Waals surface area contributed by atoms with E-state index in [1.807, 2.05) is 17.8 Å². The molecule has 0 bridgehead atoms. The van der Waals surface area contributed by atoms with E-state index < -0.39 is 0 Å². The van der Waals surface area contributed by atoms with Crippen molar-refractivity contribution in [1.29, 1.82) is 0 Å². The van der Waals surface area contributed by atoms with Crippen LogP contribution in [0.25, 0.3) is 0 Å². The van der Waals surface area contributed by atoms with E-state index in [2.05, 4.69) is 60.4 Å². The minimum absolute atomic E-state index is 1.04. The van der Waals surface area contributed by atoms with Crippen molar-refractivity contribution in [2.24, 2.45) is 0 Å². The van der Waals surface area contributed by atoms with Gasteiger partial charge in [0.1, 0.15) is 0 Å². The minimum atomic E-state index is 1.04. The predicted molar refractivity (Wildman–Crippen MR) is 67.6 cm³/mol. The van der Waals surface area contributed by atoms with Gasteiger partial charge in [0.2, 0.25) is 0 Å². The Hall–Kier alpha value is -1.21. The van der Waals surface area contributed by atoms with Crippen LogP contribution < -0.4 is 0 Å². The second kappa shape index (κ2) is 5.62. The normalized spacial score (nSPS) is 10.1. The highest BCUT2D eigenvalue weighted by atomic mass is 32.2. The Bertz CT molecular complexity index is 341. The first kappa shape index (κ1) is 10.3. The van der Waals surface area contributed by atoms with Gasteiger partial charge in [-0.25, -0.2) is 0 Å². The zero-order valence-electron chi connectivity index (χ0n) is 8.47. The largest absolute Gasteiger partial charge is 0.147 e. The molecule has 0 saturated carbocycles. The average molecular weight is 213 g/mol. The van der Waals surface area contributed by atoms with Crippen LogP contribution in [0.2, 0.25) is 0 Å². The molecular formula is C14H13S. The van der Waals surface area contributed by atoms with E-state index >= 15 is 0 Å². The van der Waals surface area contributed by atoms with E-state index in [0.717, 1.165) is 5.75 Å². The van der Waals surface area contributed by atoms with E-state index in [0.29, 0.717) is 0 Å². The molecule has 1 radical (unpaired) electrons. The van der Waals surface area contributed by atoms with Crippen molar-refractivity contribution >= 4 is 11.8 Å². The summed E-state index contributed by atoms with van der Waals surface area (Å²) in [7, 11) is 0. The molecule has 0 spiro atoms. The summed E-state index contributed by atoms with van der Waals surface area (Å²) in [6, 6.07) is 20.9. The summed E-state index contributed by atoms with van der Waals surface area (Å²) < 4.78 is 0. The van der Waals surface area contributed by atoms with E-state index in [1.54, 1.807) is 0 Å². The number of benzene rings is 2. The van der Waals surface area contributed by atoms with E-state index in [1.165, 1.54) is 11.1 Å². The first-order chi connectivity index (χ1) is 7.45. The topological polar surface area (TPSA) is 0 Å². The summed E-state index contributed by atoms with van der Waals surface area (Å²) in [6.07, 6.45) is 0. The van der Waals surface area contributed by atoms with Gasteiger partial charge >= 0.3 is 0 Å². The Morgan fingerprint density at radius 3 is 2.07 bits per heavy atom. The minimum Gasteiger partial charge on any atom is -0.147 e. The molecule has 0 nitrogen and oxygen atoms in total. The maximum Gasteiger partial charge on any atom is 0.0460 e. The van der Waals surface area contributed by atoms with Gasteiger partial charge in [-0.1, -0.05) is 60.7 Å². The third kappa shape index (κ3) is 3.45. The quantitative estimate of drug-likeness (QED) is 0.736. The second-order valence-corrected chi connectivity index (χ2v) is 4.18. The standard InChI is InChI=1S/C14H13S/c1-3-7-13(8-4-1)11-15-12-14-9-5-2-6-10-14/h1-11H,12H2. The lowest BCUT2D eigenvalue weighted by molar-refractivity contribution is 1.42. The molecule has 0 aliphatic carbocycles. The van der Waals surface area contributed by atoms with Crippen LogP contribution >= 0.6 is 11.8 Å². The highest BCUT2D eigenvalue weighted by Crippen LogP contribution is 2.19. The fraction of sp³-hybridized carbons (Fsp3) is 0.0714. The Morgan fingerprint density at radius 2 is 1.40 bits per heavy atom. The fourth-order valence-corrected chi connectivity index (χ4v) is 2.16. The molecule has 0 fully saturated rings. The number of rotatable bonds is 4. The predicted octanol–water partition coefficient (Wildman–Crippen LogP) is 4.13. The Morgan fingerprint density at radius 1 is 0.800 bits per heavy atom. The maximum absolute atomic E-state index is 2.20. The highest BCUT2D eigenvalue weighted by molar-refractivity contribution is 8.00. The van der Waals surface area contributed by atoms with Gasteiger partial charge in [-0.05, 0) is 11.1 Å². The molecule has 15 heavy (non-hydrogen) atoms. The van der Waals surface area contributed by atoms with Gasteiger partial charge in [0, 0.05) is 11.5 Å².